The Kier molecular flexibility index (Phi) is 5.52. The largest absolute Gasteiger partial charge is 0.478 e. The number of aromatic nitrogens is 2. The highest BCUT2D eigenvalue weighted by atomic mass is 32.2. The van der Waals surface area contributed by atoms with Gasteiger partial charge in [0.1, 0.15) is 0 Å². The first kappa shape index (κ1) is 20.9. The van der Waals surface area contributed by atoms with E-state index in [1.165, 1.54) is 41.0 Å². The fourth-order valence-electron chi connectivity index (χ4n) is 3.09. The maximum atomic E-state index is 13.3. The number of non-ortho nitro benzene ring substituents is 1. The van der Waals surface area contributed by atoms with Crippen molar-refractivity contribution >= 4 is 40.6 Å². The third-order valence-electron chi connectivity index (χ3n) is 4.65. The van der Waals surface area contributed by atoms with Crippen molar-refractivity contribution in [2.45, 2.75) is 10.1 Å². The summed E-state index contributed by atoms with van der Waals surface area (Å²) in [5.74, 6) is -1.10. The molecule has 32 heavy (non-hydrogen) atoms. The highest BCUT2D eigenvalue weighted by Crippen LogP contribution is 2.32. The van der Waals surface area contributed by atoms with Crippen LogP contribution in [0.3, 0.4) is 0 Å². The number of para-hydroxylation sites is 1. The minimum atomic E-state index is -1.10. The molecule has 0 aliphatic rings. The molecule has 10 heteroatoms. The van der Waals surface area contributed by atoms with E-state index < -0.39 is 10.9 Å². The molecule has 158 valence electrons. The summed E-state index contributed by atoms with van der Waals surface area (Å²) >= 11 is 1.00. The first-order valence-corrected chi connectivity index (χ1v) is 9.97. The highest BCUT2D eigenvalue weighted by molar-refractivity contribution is 7.99. The number of aldehydes is 1. The summed E-state index contributed by atoms with van der Waals surface area (Å²) in [6.45, 7) is 0. The molecule has 0 saturated heterocycles. The van der Waals surface area contributed by atoms with Crippen molar-refractivity contribution in [1.29, 1.82) is 0 Å². The van der Waals surface area contributed by atoms with Crippen molar-refractivity contribution in [3.63, 3.8) is 0 Å². The molecule has 0 saturated carbocycles. The van der Waals surface area contributed by atoms with Gasteiger partial charge in [-0.25, -0.2) is 9.78 Å². The van der Waals surface area contributed by atoms with Gasteiger partial charge in [-0.1, -0.05) is 23.9 Å². The van der Waals surface area contributed by atoms with Crippen LogP contribution < -0.4 is 5.56 Å². The Balaban J connectivity index is 1.92. The second-order valence-electron chi connectivity index (χ2n) is 6.60. The quantitative estimate of drug-likeness (QED) is 0.203. The molecule has 0 aliphatic heterocycles. The number of carbonyl (C=O) groups is 2. The predicted molar refractivity (Wildman–Crippen MR) is 117 cm³/mol. The molecule has 0 aliphatic carbocycles. The number of carboxylic acid groups (broad SMARTS) is 1. The first-order valence-electron chi connectivity index (χ1n) is 9.16. The third-order valence-corrected chi connectivity index (χ3v) is 5.70. The molecule has 9 nitrogen and oxygen atoms in total. The van der Waals surface area contributed by atoms with Gasteiger partial charge in [0.05, 0.1) is 27.1 Å². The number of benzene rings is 3. The summed E-state index contributed by atoms with van der Waals surface area (Å²) in [7, 11) is 0. The summed E-state index contributed by atoms with van der Waals surface area (Å²) in [5.41, 5.74) is 0.353. The number of hydrogen-bond donors (Lipinski definition) is 1. The van der Waals surface area contributed by atoms with Gasteiger partial charge in [-0.2, -0.15) is 0 Å². The molecule has 3 aromatic carbocycles. The van der Waals surface area contributed by atoms with Gasteiger partial charge in [0, 0.05) is 22.6 Å². The lowest BCUT2D eigenvalue weighted by atomic mass is 10.2. The van der Waals surface area contributed by atoms with Crippen LogP contribution in [-0.2, 0) is 0 Å². The van der Waals surface area contributed by atoms with Crippen LogP contribution in [0.25, 0.3) is 16.6 Å². The van der Waals surface area contributed by atoms with E-state index in [0.29, 0.717) is 27.8 Å². The summed E-state index contributed by atoms with van der Waals surface area (Å²) in [5, 5.41) is 20.7. The highest BCUT2D eigenvalue weighted by Gasteiger charge is 2.18. The molecule has 4 rings (SSSR count). The SMILES string of the molecule is O=Cc1cc([N+](=O)[O-])ccc1Sc1nc2ccccc2c(=O)n1-c1ccc(C(=O)O)cc1. The minimum absolute atomic E-state index is 0.0587. The summed E-state index contributed by atoms with van der Waals surface area (Å²) in [6, 6.07) is 16.3. The average Bonchev–Trinajstić information content (AvgIpc) is 2.79. The van der Waals surface area contributed by atoms with E-state index in [2.05, 4.69) is 4.98 Å². The molecule has 0 amide bonds. The Hall–Kier alpha value is -4.31. The number of nitro groups is 1. The van der Waals surface area contributed by atoms with Gasteiger partial charge < -0.3 is 5.11 Å². The van der Waals surface area contributed by atoms with Crippen molar-refractivity contribution in [1.82, 2.24) is 9.55 Å². The summed E-state index contributed by atoms with van der Waals surface area (Å²) in [4.78, 5) is 51.4. The number of hydrogen-bond acceptors (Lipinski definition) is 7. The van der Waals surface area contributed by atoms with Gasteiger partial charge in [0.2, 0.25) is 0 Å². The molecule has 0 unspecified atom stereocenters. The molecule has 1 N–H and O–H groups in total. The summed E-state index contributed by atoms with van der Waals surface area (Å²) < 4.78 is 1.31. The van der Waals surface area contributed by atoms with E-state index in [1.807, 2.05) is 0 Å². The third kappa shape index (κ3) is 3.86. The monoisotopic (exact) mass is 447 g/mol. The van der Waals surface area contributed by atoms with Crippen LogP contribution in [0.15, 0.2) is 81.6 Å². The predicted octanol–water partition coefficient (Wildman–Crippen LogP) is 3.96. The van der Waals surface area contributed by atoms with Crippen LogP contribution in [0.2, 0.25) is 0 Å². The molecular weight excluding hydrogens is 434 g/mol. The van der Waals surface area contributed by atoms with Crippen molar-refractivity contribution in [3.05, 3.63) is 98.3 Å². The van der Waals surface area contributed by atoms with Gasteiger partial charge in [-0.05, 0) is 42.5 Å². The lowest BCUT2D eigenvalue weighted by molar-refractivity contribution is -0.384. The van der Waals surface area contributed by atoms with Crippen LogP contribution in [-0.4, -0.2) is 31.8 Å². The van der Waals surface area contributed by atoms with E-state index in [1.54, 1.807) is 24.3 Å². The Labute approximate surface area is 184 Å². The van der Waals surface area contributed by atoms with Crippen molar-refractivity contribution in [2.75, 3.05) is 0 Å². The van der Waals surface area contributed by atoms with Crippen molar-refractivity contribution in [2.24, 2.45) is 0 Å². The molecule has 0 radical (unpaired) electrons. The Bertz CT molecular complexity index is 1450. The number of aromatic carboxylic acids is 1. The standard InChI is InChI=1S/C22H13N3O6S/c26-12-14-11-16(25(30)31)9-10-19(14)32-22-23-18-4-2-1-3-17(18)20(27)24(22)15-7-5-13(6-8-15)21(28)29/h1-12H,(H,28,29). The van der Waals surface area contributed by atoms with E-state index in [-0.39, 0.29) is 27.5 Å². The maximum absolute atomic E-state index is 13.3. The van der Waals surface area contributed by atoms with Crippen LogP contribution in [0.4, 0.5) is 5.69 Å². The van der Waals surface area contributed by atoms with Gasteiger partial charge in [-0.3, -0.25) is 24.3 Å². The molecule has 4 aromatic rings. The number of carbonyl (C=O) groups excluding carboxylic acids is 1. The Morgan fingerprint density at radius 2 is 1.81 bits per heavy atom. The van der Waals surface area contributed by atoms with Crippen LogP contribution in [0.1, 0.15) is 20.7 Å². The van der Waals surface area contributed by atoms with Crippen molar-refractivity contribution in [3.8, 4) is 5.69 Å². The van der Waals surface area contributed by atoms with Crippen LogP contribution in [0, 0.1) is 10.1 Å². The second-order valence-corrected chi connectivity index (χ2v) is 7.61. The van der Waals surface area contributed by atoms with E-state index >= 15 is 0 Å². The summed E-state index contributed by atoms with van der Waals surface area (Å²) in [6.07, 6.45) is 0.500. The number of nitro benzene ring substituents is 1. The average molecular weight is 447 g/mol. The fraction of sp³-hybridized carbons (Fsp3) is 0. The number of nitrogens with zero attached hydrogens (tertiary/aromatic N) is 3. The van der Waals surface area contributed by atoms with Gasteiger partial charge >= 0.3 is 5.97 Å². The molecule has 0 bridgehead atoms. The second kappa shape index (κ2) is 8.44. The lowest BCUT2D eigenvalue weighted by Gasteiger charge is -2.14. The Morgan fingerprint density at radius 3 is 2.47 bits per heavy atom. The van der Waals surface area contributed by atoms with E-state index in [4.69, 9.17) is 5.11 Å². The molecule has 1 heterocycles. The fourth-order valence-corrected chi connectivity index (χ4v) is 4.08. The number of fused-ring (bicyclic) bond motifs is 1. The van der Waals surface area contributed by atoms with E-state index in [0.717, 1.165) is 17.8 Å². The van der Waals surface area contributed by atoms with Crippen molar-refractivity contribution < 1.29 is 19.6 Å². The smallest absolute Gasteiger partial charge is 0.335 e. The van der Waals surface area contributed by atoms with E-state index in [9.17, 15) is 24.5 Å². The van der Waals surface area contributed by atoms with Gasteiger partial charge in [0.25, 0.3) is 11.2 Å². The lowest BCUT2D eigenvalue weighted by Crippen LogP contribution is -2.21. The molecule has 0 atom stereocenters. The first-order chi connectivity index (χ1) is 15.4. The van der Waals surface area contributed by atoms with Crippen LogP contribution in [0.5, 0.6) is 0 Å². The van der Waals surface area contributed by atoms with Gasteiger partial charge in [0.15, 0.2) is 11.4 Å². The van der Waals surface area contributed by atoms with Crippen LogP contribution >= 0.6 is 11.8 Å². The normalized spacial score (nSPS) is 10.8. The minimum Gasteiger partial charge on any atom is -0.478 e. The Morgan fingerprint density at radius 1 is 1.09 bits per heavy atom. The maximum Gasteiger partial charge on any atom is 0.335 e. The molecule has 0 fully saturated rings. The topological polar surface area (TPSA) is 132 Å². The molecular formula is C22H13N3O6S. The zero-order chi connectivity index (χ0) is 22.8. The molecule has 0 spiro atoms. The van der Waals surface area contributed by atoms with Gasteiger partial charge in [-0.15, -0.1) is 0 Å². The zero-order valence-corrected chi connectivity index (χ0v) is 17.0. The number of rotatable bonds is 6. The zero-order valence-electron chi connectivity index (χ0n) is 16.2. The molecule has 1 aromatic heterocycles. The number of carboxylic acids is 1.